The van der Waals surface area contributed by atoms with Crippen LogP contribution in [0.25, 0.3) is 27.9 Å². The minimum absolute atomic E-state index is 0.426. The van der Waals surface area contributed by atoms with Gasteiger partial charge in [0.05, 0.1) is 5.52 Å². The van der Waals surface area contributed by atoms with Gasteiger partial charge in [-0.2, -0.15) is 15.9 Å². The predicted octanol–water partition coefficient (Wildman–Crippen LogP) is 2.99. The highest BCUT2D eigenvalue weighted by Crippen LogP contribution is 2.28. The summed E-state index contributed by atoms with van der Waals surface area (Å²) >= 11 is 1.62. The van der Waals surface area contributed by atoms with E-state index >= 15 is 0 Å². The quantitative estimate of drug-likeness (QED) is 0.566. The van der Waals surface area contributed by atoms with Gasteiger partial charge in [0, 0.05) is 16.3 Å². The van der Waals surface area contributed by atoms with Gasteiger partial charge in [-0.25, -0.2) is 9.97 Å². The molecule has 1 atom stereocenters. The van der Waals surface area contributed by atoms with Gasteiger partial charge in [0.15, 0.2) is 11.5 Å². The first-order valence-electron chi connectivity index (χ1n) is 8.33. The van der Waals surface area contributed by atoms with E-state index in [9.17, 15) is 4.79 Å². The van der Waals surface area contributed by atoms with Gasteiger partial charge >= 0.3 is 0 Å². The topological polar surface area (TPSA) is 98.2 Å². The molecule has 7 nitrogen and oxygen atoms in total. The van der Waals surface area contributed by atoms with E-state index in [1.165, 1.54) is 0 Å². The van der Waals surface area contributed by atoms with Crippen molar-refractivity contribution < 1.29 is 4.79 Å². The number of benzene rings is 1. The van der Waals surface area contributed by atoms with Crippen molar-refractivity contribution >= 4 is 39.7 Å². The summed E-state index contributed by atoms with van der Waals surface area (Å²) in [5, 5.41) is 12.8. The van der Waals surface area contributed by atoms with E-state index in [0.29, 0.717) is 23.8 Å². The summed E-state index contributed by atoms with van der Waals surface area (Å²) in [5.74, 6) is 0.665. The van der Waals surface area contributed by atoms with Gasteiger partial charge in [0.25, 0.3) is 0 Å². The summed E-state index contributed by atoms with van der Waals surface area (Å²) in [5.41, 5.74) is 9.08. The molecule has 0 bridgehead atoms. The van der Waals surface area contributed by atoms with Gasteiger partial charge in [0.2, 0.25) is 11.9 Å². The molecule has 4 aromatic rings. The zero-order chi connectivity index (χ0) is 18.3. The molecule has 132 valence electrons. The van der Waals surface area contributed by atoms with Crippen LogP contribution in [0.4, 0.5) is 5.95 Å². The third-order valence-electron chi connectivity index (χ3n) is 4.33. The van der Waals surface area contributed by atoms with Crippen molar-refractivity contribution in [2.24, 2.45) is 5.73 Å². The van der Waals surface area contributed by atoms with Crippen molar-refractivity contribution in [3.8, 4) is 11.4 Å². The number of aromatic nitrogens is 4. The molecule has 0 unspecified atom stereocenters. The number of hydrogen-bond acceptors (Lipinski definition) is 6. The molecule has 1 aromatic carbocycles. The van der Waals surface area contributed by atoms with Gasteiger partial charge in [-0.3, -0.25) is 4.79 Å². The largest absolute Gasteiger partial charge is 0.368 e. The van der Waals surface area contributed by atoms with Crippen LogP contribution in [-0.2, 0) is 4.79 Å². The highest BCUT2D eigenvalue weighted by atomic mass is 32.1. The maximum absolute atomic E-state index is 11.7. The van der Waals surface area contributed by atoms with E-state index in [-0.39, 0.29) is 0 Å². The van der Waals surface area contributed by atoms with Crippen LogP contribution in [-0.4, -0.2) is 31.5 Å². The number of nitrogens with two attached hydrogens (primary N) is 1. The predicted molar refractivity (Wildman–Crippen MR) is 103 cm³/mol. The molecule has 4 rings (SSSR count). The van der Waals surface area contributed by atoms with Crippen LogP contribution in [0.15, 0.2) is 35.0 Å². The third-order valence-corrected chi connectivity index (χ3v) is 5.19. The lowest BCUT2D eigenvalue weighted by Gasteiger charge is -2.15. The SMILES string of the molecule is CC[C@@H](Nc1nc2ccccc2c2nc(-c3cscc3C)nn12)C(N)=O. The molecular formula is C18H18N6OS. The zero-order valence-corrected chi connectivity index (χ0v) is 15.2. The van der Waals surface area contributed by atoms with Crippen LogP contribution < -0.4 is 11.1 Å². The van der Waals surface area contributed by atoms with E-state index in [2.05, 4.69) is 20.8 Å². The molecule has 0 aliphatic heterocycles. The number of aryl methyl sites for hydroxylation is 1. The molecular weight excluding hydrogens is 348 g/mol. The van der Waals surface area contributed by atoms with Crippen LogP contribution in [0.1, 0.15) is 18.9 Å². The lowest BCUT2D eigenvalue weighted by Crippen LogP contribution is -2.35. The van der Waals surface area contributed by atoms with E-state index < -0.39 is 11.9 Å². The molecule has 0 aliphatic rings. The Morgan fingerprint density at radius 1 is 1.31 bits per heavy atom. The van der Waals surface area contributed by atoms with Crippen molar-refractivity contribution in [1.29, 1.82) is 0 Å². The summed E-state index contributed by atoms with van der Waals surface area (Å²) < 4.78 is 1.65. The van der Waals surface area contributed by atoms with Crippen LogP contribution >= 0.6 is 11.3 Å². The molecule has 0 aliphatic carbocycles. The second kappa shape index (κ2) is 6.38. The Kier molecular flexibility index (Phi) is 4.04. The van der Waals surface area contributed by atoms with Gasteiger partial charge < -0.3 is 11.1 Å². The highest BCUT2D eigenvalue weighted by Gasteiger charge is 2.19. The molecule has 0 spiro atoms. The molecule has 1 amide bonds. The molecule has 0 radical (unpaired) electrons. The van der Waals surface area contributed by atoms with Gasteiger partial charge in [-0.05, 0) is 36.4 Å². The molecule has 0 saturated heterocycles. The average Bonchev–Trinajstić information content (AvgIpc) is 3.25. The first-order valence-corrected chi connectivity index (χ1v) is 9.27. The maximum atomic E-state index is 11.7. The Bertz CT molecular complexity index is 1120. The van der Waals surface area contributed by atoms with Crippen LogP contribution in [0.5, 0.6) is 0 Å². The molecule has 3 heterocycles. The molecule has 0 saturated carbocycles. The van der Waals surface area contributed by atoms with Crippen molar-refractivity contribution in [1.82, 2.24) is 19.6 Å². The van der Waals surface area contributed by atoms with Crippen molar-refractivity contribution in [2.45, 2.75) is 26.3 Å². The Morgan fingerprint density at radius 2 is 2.12 bits per heavy atom. The number of anilines is 1. The standard InChI is InChI=1S/C18H18N6OS/c1-3-13(15(19)25)20-18-21-14-7-5-4-6-11(14)17-22-16(23-24(17)18)12-9-26-8-10(12)2/h4-9,13H,3H2,1-2H3,(H2,19,25)(H,20,21)/t13-/m1/s1. The number of rotatable bonds is 5. The molecule has 8 heteroatoms. The maximum Gasteiger partial charge on any atom is 0.239 e. The van der Waals surface area contributed by atoms with Crippen LogP contribution in [0, 0.1) is 6.92 Å². The first kappa shape index (κ1) is 16.5. The van der Waals surface area contributed by atoms with Gasteiger partial charge in [0.1, 0.15) is 6.04 Å². The normalized spacial score (nSPS) is 12.5. The number of carbonyl (C=O) groups is 1. The van der Waals surface area contributed by atoms with Gasteiger partial charge in [-0.15, -0.1) is 5.10 Å². The van der Waals surface area contributed by atoms with Crippen LogP contribution in [0.2, 0.25) is 0 Å². The lowest BCUT2D eigenvalue weighted by molar-refractivity contribution is -0.118. The highest BCUT2D eigenvalue weighted by molar-refractivity contribution is 7.08. The van der Waals surface area contributed by atoms with Gasteiger partial charge in [-0.1, -0.05) is 19.1 Å². The number of nitrogens with one attached hydrogen (secondary N) is 1. The molecule has 3 N–H and O–H groups in total. The minimum atomic E-state index is -0.526. The Hall–Kier alpha value is -3.00. The molecule has 3 aromatic heterocycles. The fourth-order valence-electron chi connectivity index (χ4n) is 2.88. The molecule has 0 fully saturated rings. The zero-order valence-electron chi connectivity index (χ0n) is 14.4. The second-order valence-electron chi connectivity index (χ2n) is 6.10. The van der Waals surface area contributed by atoms with Crippen molar-refractivity contribution in [3.63, 3.8) is 0 Å². The first-order chi connectivity index (χ1) is 12.6. The van der Waals surface area contributed by atoms with E-state index in [1.54, 1.807) is 15.9 Å². The Balaban J connectivity index is 1.96. The number of amides is 1. The number of nitrogens with zero attached hydrogens (tertiary/aromatic N) is 4. The van der Waals surface area contributed by atoms with Crippen LogP contribution in [0.3, 0.4) is 0 Å². The van der Waals surface area contributed by atoms with E-state index in [4.69, 9.17) is 10.7 Å². The fraction of sp³-hybridized carbons (Fsp3) is 0.222. The summed E-state index contributed by atoms with van der Waals surface area (Å²) in [7, 11) is 0. The van der Waals surface area contributed by atoms with Crippen molar-refractivity contribution in [2.75, 3.05) is 5.32 Å². The lowest BCUT2D eigenvalue weighted by atomic mass is 10.2. The van der Waals surface area contributed by atoms with Crippen molar-refractivity contribution in [3.05, 3.63) is 40.6 Å². The monoisotopic (exact) mass is 366 g/mol. The second-order valence-corrected chi connectivity index (χ2v) is 6.84. The number of thiophene rings is 1. The summed E-state index contributed by atoms with van der Waals surface area (Å²) in [4.78, 5) is 21.0. The van der Waals surface area contributed by atoms with E-state index in [0.717, 1.165) is 22.0 Å². The number of para-hydroxylation sites is 1. The number of hydrogen-bond donors (Lipinski definition) is 2. The number of primary amides is 1. The minimum Gasteiger partial charge on any atom is -0.368 e. The number of carbonyl (C=O) groups excluding carboxylic acids is 1. The summed E-state index contributed by atoms with van der Waals surface area (Å²) in [6.45, 7) is 3.93. The van der Waals surface area contributed by atoms with E-state index in [1.807, 2.05) is 43.5 Å². The third kappa shape index (κ3) is 2.68. The number of fused-ring (bicyclic) bond motifs is 3. The smallest absolute Gasteiger partial charge is 0.239 e. The molecule has 26 heavy (non-hydrogen) atoms. The summed E-state index contributed by atoms with van der Waals surface area (Å²) in [6, 6.07) is 7.21. The summed E-state index contributed by atoms with van der Waals surface area (Å²) in [6.07, 6.45) is 0.552. The fourth-order valence-corrected chi connectivity index (χ4v) is 3.71. The Morgan fingerprint density at radius 3 is 2.81 bits per heavy atom. The average molecular weight is 366 g/mol. The Labute approximate surface area is 153 Å².